The zero-order valence-corrected chi connectivity index (χ0v) is 12.3. The van der Waals surface area contributed by atoms with E-state index in [0.717, 1.165) is 18.8 Å². The second-order valence-corrected chi connectivity index (χ2v) is 6.89. The van der Waals surface area contributed by atoms with Crippen LogP contribution in [-0.4, -0.2) is 5.78 Å². The molecule has 0 saturated heterocycles. The van der Waals surface area contributed by atoms with E-state index in [4.69, 9.17) is 0 Å². The Labute approximate surface area is 117 Å². The van der Waals surface area contributed by atoms with Gasteiger partial charge in [-0.25, -0.2) is 0 Å². The normalized spacial score (nSPS) is 27.9. The molecule has 3 rings (SSSR count). The van der Waals surface area contributed by atoms with E-state index in [1.165, 1.54) is 76.2 Å². The zero-order valence-electron chi connectivity index (χ0n) is 12.3. The van der Waals surface area contributed by atoms with Crippen LogP contribution in [0.15, 0.2) is 11.1 Å². The van der Waals surface area contributed by atoms with Gasteiger partial charge in [0.25, 0.3) is 0 Å². The Morgan fingerprint density at radius 3 is 1.84 bits per heavy atom. The first-order valence-electron chi connectivity index (χ1n) is 8.62. The summed E-state index contributed by atoms with van der Waals surface area (Å²) in [5, 5.41) is 0. The van der Waals surface area contributed by atoms with Gasteiger partial charge in [-0.1, -0.05) is 44.1 Å². The highest BCUT2D eigenvalue weighted by atomic mass is 16.1. The van der Waals surface area contributed by atoms with E-state index in [2.05, 4.69) is 0 Å². The first kappa shape index (κ1) is 13.4. The van der Waals surface area contributed by atoms with Gasteiger partial charge in [0.15, 0.2) is 5.78 Å². The predicted octanol–water partition coefficient (Wildman–Crippen LogP) is 5.20. The SMILES string of the molecule is O=C1CCCC(C2CCCCC2)=C1C1CCCCC1. The fourth-order valence-corrected chi connectivity index (χ4v) is 4.64. The second kappa shape index (κ2) is 6.24. The summed E-state index contributed by atoms with van der Waals surface area (Å²) in [6.45, 7) is 0. The number of carbonyl (C=O) groups excluding carboxylic acids is 1. The number of Topliss-reactive ketones (excluding diaryl/α,β-unsaturated/α-hetero) is 1. The van der Waals surface area contributed by atoms with Crippen LogP contribution in [0.2, 0.25) is 0 Å². The number of carbonyl (C=O) groups is 1. The molecule has 0 bridgehead atoms. The molecule has 0 amide bonds. The fraction of sp³-hybridized carbons (Fsp3) is 0.833. The minimum atomic E-state index is 0.527. The number of hydrogen-bond donors (Lipinski definition) is 0. The monoisotopic (exact) mass is 260 g/mol. The number of rotatable bonds is 2. The van der Waals surface area contributed by atoms with Crippen molar-refractivity contribution in [2.75, 3.05) is 0 Å². The summed E-state index contributed by atoms with van der Waals surface area (Å²) >= 11 is 0. The van der Waals surface area contributed by atoms with Crippen LogP contribution < -0.4 is 0 Å². The largest absolute Gasteiger partial charge is 0.295 e. The maximum atomic E-state index is 12.5. The van der Waals surface area contributed by atoms with Gasteiger partial charge < -0.3 is 0 Å². The molecule has 3 aliphatic carbocycles. The minimum Gasteiger partial charge on any atom is -0.295 e. The van der Waals surface area contributed by atoms with E-state index in [-0.39, 0.29) is 0 Å². The fourth-order valence-electron chi connectivity index (χ4n) is 4.64. The average molecular weight is 260 g/mol. The zero-order chi connectivity index (χ0) is 13.1. The van der Waals surface area contributed by atoms with Crippen LogP contribution >= 0.6 is 0 Å². The maximum Gasteiger partial charge on any atom is 0.159 e. The van der Waals surface area contributed by atoms with Crippen molar-refractivity contribution in [1.82, 2.24) is 0 Å². The first-order chi connectivity index (χ1) is 9.36. The molecule has 1 nitrogen and oxygen atoms in total. The molecule has 0 heterocycles. The lowest BCUT2D eigenvalue weighted by atomic mass is 9.70. The van der Waals surface area contributed by atoms with Crippen LogP contribution in [0, 0.1) is 11.8 Å². The molecule has 0 aliphatic heterocycles. The third-order valence-corrected chi connectivity index (χ3v) is 5.61. The molecule has 2 saturated carbocycles. The van der Waals surface area contributed by atoms with Gasteiger partial charge in [0.2, 0.25) is 0 Å². The van der Waals surface area contributed by atoms with Gasteiger partial charge >= 0.3 is 0 Å². The third-order valence-electron chi connectivity index (χ3n) is 5.61. The van der Waals surface area contributed by atoms with Crippen molar-refractivity contribution >= 4 is 5.78 Å². The van der Waals surface area contributed by atoms with Crippen LogP contribution in [0.4, 0.5) is 0 Å². The molecule has 0 radical (unpaired) electrons. The second-order valence-electron chi connectivity index (χ2n) is 6.89. The molecule has 19 heavy (non-hydrogen) atoms. The van der Waals surface area contributed by atoms with Gasteiger partial charge in [-0.2, -0.15) is 0 Å². The molecule has 0 aromatic heterocycles. The molecule has 0 aromatic carbocycles. The average Bonchev–Trinajstić information content (AvgIpc) is 2.49. The van der Waals surface area contributed by atoms with Crippen molar-refractivity contribution in [3.8, 4) is 0 Å². The van der Waals surface area contributed by atoms with Gasteiger partial charge in [0.1, 0.15) is 0 Å². The van der Waals surface area contributed by atoms with Gasteiger partial charge in [-0.05, 0) is 55.9 Å². The Morgan fingerprint density at radius 2 is 1.21 bits per heavy atom. The van der Waals surface area contributed by atoms with Crippen LogP contribution in [-0.2, 0) is 4.79 Å². The van der Waals surface area contributed by atoms with Crippen molar-refractivity contribution in [1.29, 1.82) is 0 Å². The van der Waals surface area contributed by atoms with E-state index in [1.807, 2.05) is 0 Å². The summed E-state index contributed by atoms with van der Waals surface area (Å²) in [4.78, 5) is 12.5. The predicted molar refractivity (Wildman–Crippen MR) is 79.0 cm³/mol. The summed E-state index contributed by atoms with van der Waals surface area (Å²) in [5.74, 6) is 1.94. The lowest BCUT2D eigenvalue weighted by Crippen LogP contribution is -2.25. The van der Waals surface area contributed by atoms with E-state index in [1.54, 1.807) is 5.57 Å². The summed E-state index contributed by atoms with van der Waals surface area (Å²) in [6, 6.07) is 0. The Kier molecular flexibility index (Phi) is 4.40. The quantitative estimate of drug-likeness (QED) is 0.667. The van der Waals surface area contributed by atoms with E-state index < -0.39 is 0 Å². The Bertz CT molecular complexity index is 354. The third kappa shape index (κ3) is 2.95. The Balaban J connectivity index is 1.86. The molecular formula is C18H28O. The molecule has 3 aliphatic rings. The summed E-state index contributed by atoms with van der Waals surface area (Å²) in [7, 11) is 0. The molecular weight excluding hydrogens is 232 g/mol. The van der Waals surface area contributed by atoms with Gasteiger partial charge in [-0.3, -0.25) is 4.79 Å². The van der Waals surface area contributed by atoms with Crippen LogP contribution in [0.25, 0.3) is 0 Å². The van der Waals surface area contributed by atoms with Crippen LogP contribution in [0.1, 0.15) is 83.5 Å². The highest BCUT2D eigenvalue weighted by Crippen LogP contribution is 2.42. The molecule has 0 unspecified atom stereocenters. The van der Waals surface area contributed by atoms with Crippen molar-refractivity contribution in [3.05, 3.63) is 11.1 Å². The van der Waals surface area contributed by atoms with Crippen molar-refractivity contribution < 1.29 is 4.79 Å². The molecule has 0 N–H and O–H groups in total. The van der Waals surface area contributed by atoms with Gasteiger partial charge in [0, 0.05) is 6.42 Å². The lowest BCUT2D eigenvalue weighted by Gasteiger charge is -2.34. The number of ketones is 1. The molecule has 0 atom stereocenters. The Hall–Kier alpha value is -0.590. The van der Waals surface area contributed by atoms with E-state index >= 15 is 0 Å². The highest BCUT2D eigenvalue weighted by molar-refractivity contribution is 5.97. The Morgan fingerprint density at radius 1 is 0.632 bits per heavy atom. The minimum absolute atomic E-state index is 0.527. The standard InChI is InChI=1S/C18H28O/c19-17-13-7-12-16(14-8-3-1-4-9-14)18(17)15-10-5-2-6-11-15/h14-15H,1-13H2. The van der Waals surface area contributed by atoms with Crippen LogP contribution in [0.3, 0.4) is 0 Å². The maximum absolute atomic E-state index is 12.5. The topological polar surface area (TPSA) is 17.1 Å². The van der Waals surface area contributed by atoms with Crippen molar-refractivity contribution in [2.45, 2.75) is 83.5 Å². The number of allylic oxidation sites excluding steroid dienone is 2. The van der Waals surface area contributed by atoms with E-state index in [0.29, 0.717) is 11.7 Å². The number of hydrogen-bond acceptors (Lipinski definition) is 1. The van der Waals surface area contributed by atoms with Crippen molar-refractivity contribution in [2.24, 2.45) is 11.8 Å². The van der Waals surface area contributed by atoms with Crippen molar-refractivity contribution in [3.63, 3.8) is 0 Å². The first-order valence-corrected chi connectivity index (χ1v) is 8.62. The van der Waals surface area contributed by atoms with Gasteiger partial charge in [-0.15, -0.1) is 0 Å². The van der Waals surface area contributed by atoms with Gasteiger partial charge in [0.05, 0.1) is 0 Å². The molecule has 2 fully saturated rings. The van der Waals surface area contributed by atoms with Crippen LogP contribution in [0.5, 0.6) is 0 Å². The molecule has 0 aromatic rings. The molecule has 0 spiro atoms. The molecule has 1 heteroatoms. The lowest BCUT2D eigenvalue weighted by molar-refractivity contribution is -0.116. The molecule has 106 valence electrons. The highest BCUT2D eigenvalue weighted by Gasteiger charge is 2.31. The summed E-state index contributed by atoms with van der Waals surface area (Å²) in [6.07, 6.45) is 16.8. The smallest absolute Gasteiger partial charge is 0.159 e. The van der Waals surface area contributed by atoms with E-state index in [9.17, 15) is 4.79 Å². The summed E-state index contributed by atoms with van der Waals surface area (Å²) < 4.78 is 0. The summed E-state index contributed by atoms with van der Waals surface area (Å²) in [5.41, 5.74) is 2.97.